The second-order valence-electron chi connectivity index (χ2n) is 9.36. The van der Waals surface area contributed by atoms with E-state index in [0.717, 1.165) is 19.3 Å². The third-order valence-corrected chi connectivity index (χ3v) is 6.29. The molecule has 0 aliphatic carbocycles. The van der Waals surface area contributed by atoms with E-state index in [2.05, 4.69) is 20.8 Å². The van der Waals surface area contributed by atoms with Gasteiger partial charge in [0, 0.05) is 0 Å². The zero-order valence-electron chi connectivity index (χ0n) is 20.6. The maximum Gasteiger partial charge on any atom is 0.308 e. The van der Waals surface area contributed by atoms with Gasteiger partial charge in [0.15, 0.2) is 0 Å². The lowest BCUT2D eigenvalue weighted by Gasteiger charge is -2.19. The number of carbonyl (C=O) groups is 1. The molecule has 0 spiro atoms. The number of hydrogen-bond acceptors (Lipinski definition) is 2. The van der Waals surface area contributed by atoms with E-state index in [0.29, 0.717) is 12.5 Å². The SMILES string of the molecule is CCCCCCCCCCCCC(CCCCCC)COC(=O)C(C)CCCC. The minimum absolute atomic E-state index is 0.0279. The Kier molecular flexibility index (Phi) is 21.8. The molecule has 0 aromatic rings. The highest BCUT2D eigenvalue weighted by Gasteiger charge is 2.17. The van der Waals surface area contributed by atoms with Crippen LogP contribution in [0.4, 0.5) is 0 Å². The van der Waals surface area contributed by atoms with Crippen LogP contribution in [-0.2, 0) is 9.53 Å². The molecular formula is C27H54O2. The Labute approximate surface area is 184 Å². The maximum atomic E-state index is 12.2. The predicted octanol–water partition coefficient (Wildman–Crippen LogP) is 9.25. The topological polar surface area (TPSA) is 26.3 Å². The van der Waals surface area contributed by atoms with Crippen LogP contribution in [0.25, 0.3) is 0 Å². The van der Waals surface area contributed by atoms with Gasteiger partial charge in [-0.2, -0.15) is 0 Å². The molecule has 2 unspecified atom stereocenters. The van der Waals surface area contributed by atoms with Crippen LogP contribution in [0.2, 0.25) is 0 Å². The highest BCUT2D eigenvalue weighted by molar-refractivity contribution is 5.71. The Balaban J connectivity index is 3.97. The van der Waals surface area contributed by atoms with Crippen LogP contribution in [0.1, 0.15) is 150 Å². The Morgan fingerprint density at radius 1 is 0.586 bits per heavy atom. The summed E-state index contributed by atoms with van der Waals surface area (Å²) in [5.74, 6) is 0.663. The lowest BCUT2D eigenvalue weighted by atomic mass is 9.94. The number of hydrogen-bond donors (Lipinski definition) is 0. The van der Waals surface area contributed by atoms with E-state index in [1.165, 1.54) is 103 Å². The fourth-order valence-corrected chi connectivity index (χ4v) is 4.06. The van der Waals surface area contributed by atoms with Gasteiger partial charge in [0.25, 0.3) is 0 Å². The number of ether oxygens (including phenoxy) is 1. The smallest absolute Gasteiger partial charge is 0.308 e. The van der Waals surface area contributed by atoms with Gasteiger partial charge in [-0.3, -0.25) is 4.79 Å². The van der Waals surface area contributed by atoms with Crippen molar-refractivity contribution in [2.45, 2.75) is 150 Å². The van der Waals surface area contributed by atoms with E-state index >= 15 is 0 Å². The number of esters is 1. The quantitative estimate of drug-likeness (QED) is 0.131. The lowest BCUT2D eigenvalue weighted by molar-refractivity contribution is -0.149. The van der Waals surface area contributed by atoms with Crippen molar-refractivity contribution in [2.24, 2.45) is 11.8 Å². The minimum atomic E-state index is 0.0279. The van der Waals surface area contributed by atoms with Gasteiger partial charge in [0.2, 0.25) is 0 Å². The first kappa shape index (κ1) is 28.5. The van der Waals surface area contributed by atoms with Crippen LogP contribution in [0.15, 0.2) is 0 Å². The summed E-state index contributed by atoms with van der Waals surface area (Å²) in [5.41, 5.74) is 0. The summed E-state index contributed by atoms with van der Waals surface area (Å²) in [4.78, 5) is 12.2. The van der Waals surface area contributed by atoms with Crippen molar-refractivity contribution in [3.05, 3.63) is 0 Å². The number of unbranched alkanes of at least 4 members (excludes halogenated alkanes) is 13. The zero-order valence-corrected chi connectivity index (χ0v) is 20.6. The van der Waals surface area contributed by atoms with Gasteiger partial charge in [-0.1, -0.05) is 130 Å². The van der Waals surface area contributed by atoms with E-state index < -0.39 is 0 Å². The Morgan fingerprint density at radius 3 is 1.48 bits per heavy atom. The Bertz CT molecular complexity index is 339. The van der Waals surface area contributed by atoms with Gasteiger partial charge in [0.05, 0.1) is 12.5 Å². The van der Waals surface area contributed by atoms with Crippen LogP contribution >= 0.6 is 0 Å². The number of carbonyl (C=O) groups excluding carboxylic acids is 1. The van der Waals surface area contributed by atoms with Gasteiger partial charge < -0.3 is 4.74 Å². The lowest BCUT2D eigenvalue weighted by Crippen LogP contribution is -2.19. The molecule has 0 heterocycles. The van der Waals surface area contributed by atoms with E-state index in [9.17, 15) is 4.79 Å². The first-order chi connectivity index (χ1) is 14.2. The molecule has 174 valence electrons. The highest BCUT2D eigenvalue weighted by Crippen LogP contribution is 2.20. The van der Waals surface area contributed by atoms with Crippen molar-refractivity contribution in [3.63, 3.8) is 0 Å². The molecule has 0 radical (unpaired) electrons. The average Bonchev–Trinajstić information content (AvgIpc) is 2.73. The normalized spacial score (nSPS) is 13.4. The van der Waals surface area contributed by atoms with Crippen LogP contribution in [-0.4, -0.2) is 12.6 Å². The van der Waals surface area contributed by atoms with Gasteiger partial charge in [-0.15, -0.1) is 0 Å². The van der Waals surface area contributed by atoms with Crippen molar-refractivity contribution in [2.75, 3.05) is 6.61 Å². The molecule has 0 amide bonds. The third kappa shape index (κ3) is 19.2. The molecule has 0 aromatic carbocycles. The standard InChI is InChI=1S/C27H54O2/c1-5-8-11-13-14-15-16-17-18-20-23-26(22-19-12-9-6-2)24-29-27(28)25(4)21-10-7-3/h25-26H,5-24H2,1-4H3. The van der Waals surface area contributed by atoms with Crippen LogP contribution < -0.4 is 0 Å². The summed E-state index contributed by atoms with van der Waals surface area (Å²) in [6.07, 6.45) is 24.8. The van der Waals surface area contributed by atoms with E-state index in [1.807, 2.05) is 6.92 Å². The van der Waals surface area contributed by atoms with E-state index in [1.54, 1.807) is 0 Å². The van der Waals surface area contributed by atoms with Gasteiger partial charge in [-0.25, -0.2) is 0 Å². The summed E-state index contributed by atoms with van der Waals surface area (Å²) in [6.45, 7) is 9.40. The zero-order chi connectivity index (χ0) is 21.6. The highest BCUT2D eigenvalue weighted by atomic mass is 16.5. The summed E-state index contributed by atoms with van der Waals surface area (Å²) in [7, 11) is 0. The summed E-state index contributed by atoms with van der Waals surface area (Å²) < 4.78 is 5.72. The van der Waals surface area contributed by atoms with E-state index in [-0.39, 0.29) is 11.9 Å². The maximum absolute atomic E-state index is 12.2. The molecule has 0 aliphatic rings. The van der Waals surface area contributed by atoms with Crippen molar-refractivity contribution in [1.29, 1.82) is 0 Å². The fraction of sp³-hybridized carbons (Fsp3) is 0.963. The fourth-order valence-electron chi connectivity index (χ4n) is 4.06. The molecule has 0 N–H and O–H groups in total. The number of rotatable bonds is 22. The van der Waals surface area contributed by atoms with Crippen LogP contribution in [0, 0.1) is 11.8 Å². The second-order valence-corrected chi connectivity index (χ2v) is 9.36. The molecule has 2 nitrogen and oxygen atoms in total. The molecule has 0 saturated heterocycles. The summed E-state index contributed by atoms with van der Waals surface area (Å²) in [6, 6.07) is 0. The molecule has 0 fully saturated rings. The summed E-state index contributed by atoms with van der Waals surface area (Å²) in [5, 5.41) is 0. The predicted molar refractivity (Wildman–Crippen MR) is 128 cm³/mol. The molecule has 0 aliphatic heterocycles. The van der Waals surface area contributed by atoms with Crippen molar-refractivity contribution in [1.82, 2.24) is 0 Å². The molecule has 29 heavy (non-hydrogen) atoms. The first-order valence-corrected chi connectivity index (χ1v) is 13.3. The van der Waals surface area contributed by atoms with Gasteiger partial charge >= 0.3 is 5.97 Å². The largest absolute Gasteiger partial charge is 0.465 e. The molecule has 2 heteroatoms. The monoisotopic (exact) mass is 410 g/mol. The van der Waals surface area contributed by atoms with Crippen LogP contribution in [0.3, 0.4) is 0 Å². The molecule has 0 saturated carbocycles. The molecule has 0 rings (SSSR count). The van der Waals surface area contributed by atoms with Crippen LogP contribution in [0.5, 0.6) is 0 Å². The molecule has 0 aromatic heterocycles. The van der Waals surface area contributed by atoms with Gasteiger partial charge in [0.1, 0.15) is 0 Å². The van der Waals surface area contributed by atoms with Crippen molar-refractivity contribution in [3.8, 4) is 0 Å². The van der Waals surface area contributed by atoms with Crippen molar-refractivity contribution >= 4 is 5.97 Å². The van der Waals surface area contributed by atoms with Crippen molar-refractivity contribution < 1.29 is 9.53 Å². The summed E-state index contributed by atoms with van der Waals surface area (Å²) >= 11 is 0. The molecule has 0 bridgehead atoms. The third-order valence-electron chi connectivity index (χ3n) is 6.29. The van der Waals surface area contributed by atoms with E-state index in [4.69, 9.17) is 4.74 Å². The van der Waals surface area contributed by atoms with Gasteiger partial charge in [-0.05, 0) is 25.2 Å². The minimum Gasteiger partial charge on any atom is -0.465 e. The Hall–Kier alpha value is -0.530. The molecular weight excluding hydrogens is 356 g/mol. The molecule has 2 atom stereocenters. The Morgan fingerprint density at radius 2 is 1.00 bits per heavy atom. The first-order valence-electron chi connectivity index (χ1n) is 13.3. The second kappa shape index (κ2) is 22.2. The average molecular weight is 411 g/mol.